The molecule has 0 bridgehead atoms. The number of ether oxygens (including phenoxy) is 6. The van der Waals surface area contributed by atoms with Crippen molar-refractivity contribution in [3.8, 4) is 0 Å². The molecule has 0 aromatic carbocycles. The van der Waals surface area contributed by atoms with Gasteiger partial charge >= 0.3 is 0 Å². The van der Waals surface area contributed by atoms with Gasteiger partial charge in [-0.2, -0.15) is 0 Å². The van der Waals surface area contributed by atoms with Crippen molar-refractivity contribution in [1.82, 2.24) is 5.32 Å². The molecule has 24 atom stereocenters. The van der Waals surface area contributed by atoms with Gasteiger partial charge in [0.2, 0.25) is 0 Å². The summed E-state index contributed by atoms with van der Waals surface area (Å²) in [6.45, 7) is 6.70. The first kappa shape index (κ1) is 48.8. The van der Waals surface area contributed by atoms with Gasteiger partial charge in [-0.05, 0) is 67.6 Å². The Labute approximate surface area is 371 Å². The molecule has 20 nitrogen and oxygen atoms in total. The van der Waals surface area contributed by atoms with Gasteiger partial charge in [0, 0.05) is 36.8 Å². The number of Topliss-reactive ketones (excluding diaryl/α,β-unsaturated/α-hetero) is 2. The number of carbonyl (C=O) groups is 2. The van der Waals surface area contributed by atoms with Crippen LogP contribution in [0.25, 0.3) is 0 Å². The van der Waals surface area contributed by atoms with Gasteiger partial charge in [0.05, 0.1) is 24.9 Å². The zero-order chi connectivity index (χ0) is 46.4. The van der Waals surface area contributed by atoms with E-state index in [1.165, 1.54) is 0 Å². The third-order valence-corrected chi connectivity index (χ3v) is 17.0. The van der Waals surface area contributed by atoms with Crippen molar-refractivity contribution in [3.63, 3.8) is 0 Å². The quantitative estimate of drug-likeness (QED) is 0.0610. The van der Waals surface area contributed by atoms with Gasteiger partial charge in [-0.25, -0.2) is 0 Å². The average Bonchev–Trinajstić information content (AvgIpc) is 3.87. The van der Waals surface area contributed by atoms with E-state index in [0.29, 0.717) is 44.9 Å². The largest absolute Gasteiger partial charge is 0.396 e. The Morgan fingerprint density at radius 2 is 1.42 bits per heavy atom. The molecular formula is C44H69NO19. The molecule has 7 fully saturated rings. The number of nitrogens with one attached hydrogen (secondary N) is 1. The minimum atomic E-state index is -2.00. The summed E-state index contributed by atoms with van der Waals surface area (Å²) < 4.78 is 35.4. The highest BCUT2D eigenvalue weighted by molar-refractivity contribution is 5.94. The molecule has 64 heavy (non-hydrogen) atoms. The first-order valence-corrected chi connectivity index (χ1v) is 23.0. The van der Waals surface area contributed by atoms with Crippen molar-refractivity contribution < 1.29 is 94.2 Å². The molecule has 4 saturated heterocycles. The highest BCUT2D eigenvalue weighted by Gasteiger charge is 2.85. The van der Waals surface area contributed by atoms with Crippen LogP contribution >= 0.6 is 0 Å². The Kier molecular flexibility index (Phi) is 13.7. The summed E-state index contributed by atoms with van der Waals surface area (Å²) in [5, 5.41) is 119. The summed E-state index contributed by atoms with van der Waals surface area (Å²) in [5.41, 5.74) is -0.317. The van der Waals surface area contributed by atoms with Crippen molar-refractivity contribution in [1.29, 1.82) is 0 Å². The van der Waals surface area contributed by atoms with Crippen LogP contribution in [0.2, 0.25) is 0 Å². The molecule has 20 heteroatoms. The maximum atomic E-state index is 14.0. The number of hydrogen-bond donors (Lipinski definition) is 12. The number of aliphatic hydroxyl groups is 11. The highest BCUT2D eigenvalue weighted by atomic mass is 16.8. The van der Waals surface area contributed by atoms with Crippen LogP contribution in [-0.2, 0) is 38.0 Å². The fourth-order valence-corrected chi connectivity index (χ4v) is 13.2. The molecule has 4 heterocycles. The van der Waals surface area contributed by atoms with E-state index in [4.69, 9.17) is 28.4 Å². The van der Waals surface area contributed by atoms with E-state index >= 15 is 0 Å². The molecule has 24 unspecified atom stereocenters. The van der Waals surface area contributed by atoms with Crippen molar-refractivity contribution >= 4 is 11.6 Å². The van der Waals surface area contributed by atoms with E-state index in [1.54, 1.807) is 0 Å². The van der Waals surface area contributed by atoms with Crippen molar-refractivity contribution in [3.05, 3.63) is 11.6 Å². The number of carbonyl (C=O) groups excluding carboxylic acids is 2. The SMILES string of the molecule is CC(CO)CCC(=O)C(C)C1C(=O)CC23NC24CC=C2CC(OC5OC(CO)C(OC6OC(CO)C(O)C(O)C6O)C(O)C5OC5OC(O)C(O)C(O)C5O)CCC2(C)C4CCC13C. The van der Waals surface area contributed by atoms with Crippen molar-refractivity contribution in [2.75, 3.05) is 19.8 Å². The summed E-state index contributed by atoms with van der Waals surface area (Å²) in [4.78, 5) is 27.5. The fraction of sp³-hybridized carbons (Fsp3) is 0.909. The maximum Gasteiger partial charge on any atom is 0.189 e. The number of ketones is 2. The lowest BCUT2D eigenvalue weighted by molar-refractivity contribution is -0.400. The van der Waals surface area contributed by atoms with Gasteiger partial charge in [0.25, 0.3) is 0 Å². The van der Waals surface area contributed by atoms with Gasteiger partial charge in [-0.3, -0.25) is 9.59 Å². The predicted molar refractivity (Wildman–Crippen MR) is 216 cm³/mol. The van der Waals surface area contributed by atoms with Gasteiger partial charge in [-0.1, -0.05) is 39.3 Å². The summed E-state index contributed by atoms with van der Waals surface area (Å²) in [5.74, 6) is -0.461. The van der Waals surface area contributed by atoms with Gasteiger partial charge in [0.1, 0.15) is 78.7 Å². The van der Waals surface area contributed by atoms with Crippen LogP contribution in [0.3, 0.4) is 0 Å². The van der Waals surface area contributed by atoms with Crippen LogP contribution in [0.15, 0.2) is 11.6 Å². The molecular weight excluding hydrogens is 846 g/mol. The lowest BCUT2D eigenvalue weighted by atomic mass is 9.47. The maximum absolute atomic E-state index is 14.0. The van der Waals surface area contributed by atoms with E-state index in [1.807, 2.05) is 13.8 Å². The second-order valence-corrected chi connectivity index (χ2v) is 20.5. The molecule has 8 rings (SSSR count). The minimum Gasteiger partial charge on any atom is -0.396 e. The molecule has 8 aliphatic rings. The summed E-state index contributed by atoms with van der Waals surface area (Å²) in [6, 6.07) is 0. The van der Waals surface area contributed by atoms with Crippen LogP contribution in [0, 0.1) is 34.5 Å². The minimum absolute atomic E-state index is 0.00530. The Morgan fingerprint density at radius 3 is 2.09 bits per heavy atom. The van der Waals surface area contributed by atoms with Crippen molar-refractivity contribution in [2.24, 2.45) is 34.5 Å². The Hall–Kier alpha value is -1.64. The van der Waals surface area contributed by atoms with Crippen LogP contribution < -0.4 is 5.32 Å². The standard InChI is InChI=1S/C44H69NO19/c1-18(15-46)5-6-22(49)19(2)27-23(50)14-44-42(27,4)11-9-26-41(3)10-8-21(13-20(41)7-12-43(26,44)45-44)59-40-36(63-39-33(56)30(53)31(54)37(58)64-39)34(57)35(25(17-48)61-40)62-38-32(55)29(52)28(51)24(16-47)60-38/h7,18-19,21,24-40,45-48,51-58H,5-6,8-17H2,1-4H3. The van der Waals surface area contributed by atoms with Crippen LogP contribution in [0.4, 0.5) is 0 Å². The molecule has 364 valence electrons. The predicted octanol–water partition coefficient (Wildman–Crippen LogP) is -3.00. The molecule has 0 aromatic heterocycles. The third kappa shape index (κ3) is 7.68. The highest BCUT2D eigenvalue weighted by Crippen LogP contribution is 2.76. The Morgan fingerprint density at radius 1 is 0.781 bits per heavy atom. The third-order valence-electron chi connectivity index (χ3n) is 17.0. The number of aliphatic hydroxyl groups excluding tert-OH is 11. The summed E-state index contributed by atoms with van der Waals surface area (Å²) >= 11 is 0. The monoisotopic (exact) mass is 915 g/mol. The van der Waals surface area contributed by atoms with Crippen molar-refractivity contribution in [2.45, 2.75) is 195 Å². The number of fused-ring (bicyclic) bond motifs is 2. The smallest absolute Gasteiger partial charge is 0.189 e. The van der Waals surface area contributed by atoms with E-state index in [-0.39, 0.29) is 41.0 Å². The summed E-state index contributed by atoms with van der Waals surface area (Å²) in [6.07, 6.45) is -19.3. The van der Waals surface area contributed by atoms with E-state index < -0.39 is 134 Å². The molecule has 4 aliphatic heterocycles. The first-order valence-electron chi connectivity index (χ1n) is 23.0. The van der Waals surface area contributed by atoms with Crippen LogP contribution in [0.1, 0.15) is 85.5 Å². The average molecular weight is 916 g/mol. The lowest BCUT2D eigenvalue weighted by Gasteiger charge is -2.56. The van der Waals surface area contributed by atoms with Gasteiger partial charge in [-0.15, -0.1) is 0 Å². The molecule has 4 aliphatic carbocycles. The second kappa shape index (κ2) is 18.0. The Balaban J connectivity index is 1.00. The van der Waals surface area contributed by atoms with Crippen LogP contribution in [-0.4, -0.2) is 197 Å². The van der Waals surface area contributed by atoms with E-state index in [9.17, 15) is 65.8 Å². The zero-order valence-corrected chi connectivity index (χ0v) is 36.8. The van der Waals surface area contributed by atoms with Crippen LogP contribution in [0.5, 0.6) is 0 Å². The second-order valence-electron chi connectivity index (χ2n) is 20.5. The van der Waals surface area contributed by atoms with Gasteiger partial charge < -0.3 is 89.9 Å². The molecule has 12 N–H and O–H groups in total. The van der Waals surface area contributed by atoms with E-state index in [2.05, 4.69) is 25.2 Å². The molecule has 2 spiro atoms. The molecule has 3 saturated carbocycles. The molecule has 0 aromatic rings. The zero-order valence-electron chi connectivity index (χ0n) is 36.8. The van der Waals surface area contributed by atoms with E-state index in [0.717, 1.165) is 18.4 Å². The van der Waals surface area contributed by atoms with Gasteiger partial charge in [0.15, 0.2) is 25.2 Å². The Bertz CT molecular complexity index is 1750. The normalized spacial score (nSPS) is 52.1. The number of hydrogen-bond acceptors (Lipinski definition) is 20. The summed E-state index contributed by atoms with van der Waals surface area (Å²) in [7, 11) is 0. The molecule has 0 radical (unpaired) electrons. The lowest BCUT2D eigenvalue weighted by Crippen LogP contribution is -2.67. The fourth-order valence-electron chi connectivity index (χ4n) is 13.2. The number of rotatable bonds is 14. The molecule has 0 amide bonds. The first-order chi connectivity index (χ1) is 30.2. The topological polar surface area (TPSA) is 334 Å².